The quantitative estimate of drug-likeness (QED) is 0.439. The second-order valence-electron chi connectivity index (χ2n) is 7.53. The van der Waals surface area contributed by atoms with Crippen molar-refractivity contribution in [3.8, 4) is 11.4 Å². The number of benzene rings is 2. The highest BCUT2D eigenvalue weighted by Crippen LogP contribution is 2.32. The average molecular weight is 406 g/mol. The highest BCUT2D eigenvalue weighted by molar-refractivity contribution is 5.79. The summed E-state index contributed by atoms with van der Waals surface area (Å²) < 4.78 is 0. The number of carboxylic acid groups (broad SMARTS) is 1. The van der Waals surface area contributed by atoms with E-state index in [1.54, 1.807) is 0 Å². The summed E-state index contributed by atoms with van der Waals surface area (Å²) in [6.07, 6.45) is 4.65. The lowest BCUT2D eigenvalue weighted by Gasteiger charge is -2.18. The number of rotatable bonds is 10. The van der Waals surface area contributed by atoms with Gasteiger partial charge in [0.15, 0.2) is 0 Å². The molecule has 1 aliphatic heterocycles. The van der Waals surface area contributed by atoms with Crippen molar-refractivity contribution in [1.29, 1.82) is 0 Å². The van der Waals surface area contributed by atoms with E-state index in [1.165, 1.54) is 11.4 Å². The molecule has 156 valence electrons. The van der Waals surface area contributed by atoms with Gasteiger partial charge in [-0.1, -0.05) is 55.7 Å². The number of para-hydroxylation sites is 2. The van der Waals surface area contributed by atoms with Crippen molar-refractivity contribution in [1.82, 2.24) is 20.6 Å². The van der Waals surface area contributed by atoms with Crippen molar-refractivity contribution in [2.24, 2.45) is 0 Å². The number of tetrazole rings is 1. The molecular weight excluding hydrogens is 380 g/mol. The lowest BCUT2D eigenvalue weighted by atomic mass is 9.89. The topological polar surface area (TPSA) is 107 Å². The summed E-state index contributed by atoms with van der Waals surface area (Å²) in [7, 11) is 0. The van der Waals surface area contributed by atoms with Gasteiger partial charge < -0.3 is 15.3 Å². The monoisotopic (exact) mass is 406 g/mol. The fourth-order valence-electron chi connectivity index (χ4n) is 4.06. The molecule has 0 aliphatic carbocycles. The zero-order valence-corrected chi connectivity index (χ0v) is 16.8. The van der Waals surface area contributed by atoms with Gasteiger partial charge in [0.25, 0.3) is 0 Å². The number of aromatic nitrogens is 4. The number of nitrogens with zero attached hydrogens (tertiary/aromatic N) is 4. The minimum absolute atomic E-state index is 0.427. The van der Waals surface area contributed by atoms with Crippen molar-refractivity contribution in [3.05, 3.63) is 54.1 Å². The lowest BCUT2D eigenvalue weighted by Crippen LogP contribution is -2.23. The van der Waals surface area contributed by atoms with E-state index in [2.05, 4.69) is 49.0 Å². The normalized spacial score (nSPS) is 13.7. The Balaban J connectivity index is 1.27. The first-order valence-corrected chi connectivity index (χ1v) is 10.4. The third kappa shape index (κ3) is 4.42. The first-order chi connectivity index (χ1) is 14.7. The Hall–Kier alpha value is -3.42. The van der Waals surface area contributed by atoms with Crippen molar-refractivity contribution in [2.45, 2.75) is 38.0 Å². The Bertz CT molecular complexity index is 975. The number of aliphatic carboxylic acids is 1. The maximum atomic E-state index is 12.0. The van der Waals surface area contributed by atoms with E-state index in [0.29, 0.717) is 12.2 Å². The number of aromatic amines is 1. The molecule has 0 spiro atoms. The van der Waals surface area contributed by atoms with Gasteiger partial charge in [0.05, 0.1) is 24.0 Å². The van der Waals surface area contributed by atoms with Gasteiger partial charge in [-0.25, -0.2) is 0 Å². The molecule has 8 nitrogen and oxygen atoms in total. The number of unbranched alkanes of at least 4 members (excludes halogenated alkanes) is 3. The molecular formula is C22H26N6O2. The Labute approximate surface area is 175 Å². The lowest BCUT2D eigenvalue weighted by molar-refractivity contribution is -0.139. The van der Waals surface area contributed by atoms with Crippen LogP contribution < -0.4 is 10.2 Å². The predicted octanol–water partition coefficient (Wildman–Crippen LogP) is 3.88. The molecule has 0 bridgehead atoms. The van der Waals surface area contributed by atoms with Gasteiger partial charge in [-0.3, -0.25) is 4.79 Å². The third-order valence-electron chi connectivity index (χ3n) is 5.60. The molecule has 1 unspecified atom stereocenters. The van der Waals surface area contributed by atoms with Crippen LogP contribution in [0.2, 0.25) is 0 Å². The summed E-state index contributed by atoms with van der Waals surface area (Å²) in [5.41, 5.74) is 3.92. The van der Waals surface area contributed by atoms with Gasteiger partial charge in [-0.15, -0.1) is 10.2 Å². The molecule has 3 N–H and O–H groups in total. The summed E-state index contributed by atoms with van der Waals surface area (Å²) in [6.45, 7) is 1.86. The minimum atomic E-state index is -0.814. The molecule has 1 atom stereocenters. The summed E-state index contributed by atoms with van der Waals surface area (Å²) in [5.74, 6) is -0.962. The largest absolute Gasteiger partial charge is 0.481 e. The van der Waals surface area contributed by atoms with Gasteiger partial charge >= 0.3 is 5.97 Å². The predicted molar refractivity (Wildman–Crippen MR) is 115 cm³/mol. The maximum Gasteiger partial charge on any atom is 0.310 e. The van der Waals surface area contributed by atoms with Gasteiger partial charge in [-0.2, -0.15) is 5.21 Å². The van der Waals surface area contributed by atoms with Crippen LogP contribution in [0.1, 0.15) is 43.6 Å². The molecule has 8 heteroatoms. The van der Waals surface area contributed by atoms with E-state index in [9.17, 15) is 9.90 Å². The zero-order valence-electron chi connectivity index (χ0n) is 16.8. The molecule has 3 aromatic rings. The molecule has 0 amide bonds. The van der Waals surface area contributed by atoms with Gasteiger partial charge in [-0.05, 0) is 35.8 Å². The number of carboxylic acids is 1. The fourth-order valence-corrected chi connectivity index (χ4v) is 4.06. The highest BCUT2D eigenvalue weighted by Gasteiger charge is 2.24. The molecule has 0 saturated carbocycles. The van der Waals surface area contributed by atoms with E-state index >= 15 is 0 Å². The Morgan fingerprint density at radius 1 is 1.07 bits per heavy atom. The van der Waals surface area contributed by atoms with Crippen molar-refractivity contribution >= 4 is 17.3 Å². The van der Waals surface area contributed by atoms with Crippen LogP contribution in [-0.4, -0.2) is 44.9 Å². The van der Waals surface area contributed by atoms with E-state index in [0.717, 1.165) is 50.0 Å². The average Bonchev–Trinajstić information content (AvgIpc) is 3.43. The SMILES string of the molecule is O=C(O)C(CCCCCCN1CNc2ccccc21)c1ccccc1-c1nn[nH]n1. The van der Waals surface area contributed by atoms with E-state index in [-0.39, 0.29) is 0 Å². The van der Waals surface area contributed by atoms with E-state index in [1.807, 2.05) is 30.3 Å². The summed E-state index contributed by atoms with van der Waals surface area (Å²) in [4.78, 5) is 14.3. The number of nitrogens with one attached hydrogen (secondary N) is 2. The Morgan fingerprint density at radius 3 is 2.70 bits per heavy atom. The smallest absolute Gasteiger partial charge is 0.310 e. The fraction of sp³-hybridized carbons (Fsp3) is 0.364. The molecule has 30 heavy (non-hydrogen) atoms. The Morgan fingerprint density at radius 2 is 1.87 bits per heavy atom. The van der Waals surface area contributed by atoms with Crippen LogP contribution in [0.4, 0.5) is 11.4 Å². The van der Waals surface area contributed by atoms with Gasteiger partial charge in [0, 0.05) is 12.1 Å². The van der Waals surface area contributed by atoms with Gasteiger partial charge in [0.2, 0.25) is 5.82 Å². The molecule has 2 heterocycles. The first kappa shape index (κ1) is 19.9. The summed E-state index contributed by atoms with van der Waals surface area (Å²) in [5, 5.41) is 27.3. The van der Waals surface area contributed by atoms with E-state index < -0.39 is 11.9 Å². The third-order valence-corrected chi connectivity index (χ3v) is 5.60. The second kappa shape index (κ2) is 9.39. The molecule has 1 aliphatic rings. The van der Waals surface area contributed by atoms with Crippen LogP contribution in [0.25, 0.3) is 11.4 Å². The molecule has 2 aromatic carbocycles. The second-order valence-corrected chi connectivity index (χ2v) is 7.53. The Kier molecular flexibility index (Phi) is 6.22. The van der Waals surface area contributed by atoms with Crippen LogP contribution in [0.5, 0.6) is 0 Å². The number of H-pyrrole nitrogens is 1. The summed E-state index contributed by atoms with van der Waals surface area (Å²) in [6, 6.07) is 15.8. The molecule has 0 fully saturated rings. The number of anilines is 2. The number of carbonyl (C=O) groups is 1. The van der Waals surface area contributed by atoms with Crippen LogP contribution in [0.3, 0.4) is 0 Å². The number of hydrogen-bond donors (Lipinski definition) is 3. The van der Waals surface area contributed by atoms with Crippen molar-refractivity contribution in [3.63, 3.8) is 0 Å². The van der Waals surface area contributed by atoms with Crippen LogP contribution in [-0.2, 0) is 4.79 Å². The molecule has 4 rings (SSSR count). The molecule has 0 saturated heterocycles. The maximum absolute atomic E-state index is 12.0. The van der Waals surface area contributed by atoms with Gasteiger partial charge in [0.1, 0.15) is 0 Å². The van der Waals surface area contributed by atoms with Crippen molar-refractivity contribution < 1.29 is 9.90 Å². The van der Waals surface area contributed by atoms with E-state index in [4.69, 9.17) is 0 Å². The molecule has 0 radical (unpaired) electrons. The highest BCUT2D eigenvalue weighted by atomic mass is 16.4. The minimum Gasteiger partial charge on any atom is -0.481 e. The first-order valence-electron chi connectivity index (χ1n) is 10.4. The molecule has 1 aromatic heterocycles. The van der Waals surface area contributed by atoms with Crippen LogP contribution >= 0.6 is 0 Å². The number of hydrogen-bond acceptors (Lipinski definition) is 6. The van der Waals surface area contributed by atoms with Crippen LogP contribution in [0, 0.1) is 0 Å². The van der Waals surface area contributed by atoms with Crippen LogP contribution in [0.15, 0.2) is 48.5 Å². The summed E-state index contributed by atoms with van der Waals surface area (Å²) >= 11 is 0. The zero-order chi connectivity index (χ0) is 20.8. The standard InChI is InChI=1S/C22H26N6O2/c29-22(30)18(16-9-4-5-10-17(16)21-24-26-27-25-21)11-3-1-2-8-14-28-15-23-19-12-6-7-13-20(19)28/h4-7,9-10,12-13,18,23H,1-3,8,11,14-15H2,(H,29,30)(H,24,25,26,27). The number of fused-ring (bicyclic) bond motifs is 1. The van der Waals surface area contributed by atoms with Crippen molar-refractivity contribution in [2.75, 3.05) is 23.4 Å².